The van der Waals surface area contributed by atoms with E-state index in [1.165, 1.54) is 7.11 Å². The van der Waals surface area contributed by atoms with Crippen molar-refractivity contribution >= 4 is 11.9 Å². The zero-order chi connectivity index (χ0) is 26.2. The molecule has 1 aliphatic heterocycles. The Hall–Kier alpha value is -3.68. The number of amides is 1. The molecule has 8 nitrogen and oxygen atoms in total. The summed E-state index contributed by atoms with van der Waals surface area (Å²) < 4.78 is 15.8. The van der Waals surface area contributed by atoms with Crippen LogP contribution in [0.15, 0.2) is 54.9 Å². The van der Waals surface area contributed by atoms with Gasteiger partial charge in [0, 0.05) is 24.7 Å². The SMILES string of the molecule is C=C(N)N1CCCC(C[C@@H](C(=O)OC)[C@@H](C)NC(=O)c2ccc(-c3ccc(OC)c(OC)c3)cc2)C1. The average Bonchev–Trinajstić information content (AvgIpc) is 2.90. The zero-order valence-electron chi connectivity index (χ0n) is 21.6. The van der Waals surface area contributed by atoms with Crippen molar-refractivity contribution in [1.82, 2.24) is 10.2 Å². The maximum Gasteiger partial charge on any atom is 0.310 e. The lowest BCUT2D eigenvalue weighted by molar-refractivity contribution is -0.147. The van der Waals surface area contributed by atoms with Crippen LogP contribution < -0.4 is 20.5 Å². The second-order valence-corrected chi connectivity index (χ2v) is 9.22. The lowest BCUT2D eigenvalue weighted by Gasteiger charge is -2.36. The number of carbonyl (C=O) groups excluding carboxylic acids is 2. The number of nitrogens with zero attached hydrogens (tertiary/aromatic N) is 1. The number of methoxy groups -OCH3 is 3. The summed E-state index contributed by atoms with van der Waals surface area (Å²) >= 11 is 0. The van der Waals surface area contributed by atoms with Crippen LogP contribution in [-0.4, -0.2) is 57.2 Å². The second-order valence-electron chi connectivity index (χ2n) is 9.22. The molecule has 8 heteroatoms. The number of rotatable bonds is 10. The van der Waals surface area contributed by atoms with Crippen LogP contribution in [0.2, 0.25) is 0 Å². The predicted molar refractivity (Wildman–Crippen MR) is 140 cm³/mol. The molecule has 0 radical (unpaired) electrons. The summed E-state index contributed by atoms with van der Waals surface area (Å²) in [5.41, 5.74) is 8.28. The van der Waals surface area contributed by atoms with Crippen molar-refractivity contribution in [3.05, 3.63) is 60.4 Å². The maximum atomic E-state index is 13.0. The Kier molecular flexibility index (Phi) is 9.22. The number of nitrogens with two attached hydrogens (primary N) is 1. The van der Waals surface area contributed by atoms with Gasteiger partial charge in [0.05, 0.1) is 33.1 Å². The molecule has 1 heterocycles. The van der Waals surface area contributed by atoms with Crippen LogP contribution in [0, 0.1) is 11.8 Å². The van der Waals surface area contributed by atoms with Gasteiger partial charge in [-0.1, -0.05) is 24.8 Å². The number of esters is 1. The monoisotopic (exact) mass is 495 g/mol. The highest BCUT2D eigenvalue weighted by Gasteiger charge is 2.32. The van der Waals surface area contributed by atoms with Crippen LogP contribution in [0.3, 0.4) is 0 Å². The number of benzene rings is 2. The Balaban J connectivity index is 1.68. The topological polar surface area (TPSA) is 103 Å². The zero-order valence-corrected chi connectivity index (χ0v) is 21.6. The molecule has 36 heavy (non-hydrogen) atoms. The molecular formula is C28H37N3O5. The number of ether oxygens (including phenoxy) is 3. The molecule has 194 valence electrons. The van der Waals surface area contributed by atoms with Gasteiger partial charge in [-0.05, 0) is 67.5 Å². The van der Waals surface area contributed by atoms with E-state index in [9.17, 15) is 9.59 Å². The summed E-state index contributed by atoms with van der Waals surface area (Å²) in [5, 5.41) is 3.00. The molecule has 3 atom stereocenters. The fourth-order valence-electron chi connectivity index (χ4n) is 4.75. The average molecular weight is 496 g/mol. The van der Waals surface area contributed by atoms with Gasteiger partial charge in [0.2, 0.25) is 0 Å². The first kappa shape index (κ1) is 26.9. The lowest BCUT2D eigenvalue weighted by Crippen LogP contribution is -2.44. The second kappa shape index (κ2) is 12.3. The summed E-state index contributed by atoms with van der Waals surface area (Å²) in [7, 11) is 4.57. The minimum Gasteiger partial charge on any atom is -0.493 e. The van der Waals surface area contributed by atoms with Gasteiger partial charge >= 0.3 is 5.97 Å². The van der Waals surface area contributed by atoms with Crippen LogP contribution >= 0.6 is 0 Å². The van der Waals surface area contributed by atoms with E-state index in [-0.39, 0.29) is 17.8 Å². The molecule has 3 N–H and O–H groups in total. The van der Waals surface area contributed by atoms with E-state index in [0.29, 0.717) is 29.3 Å². The fraction of sp³-hybridized carbons (Fsp3) is 0.429. The van der Waals surface area contributed by atoms with Crippen molar-refractivity contribution in [3.63, 3.8) is 0 Å². The molecule has 1 saturated heterocycles. The molecule has 1 fully saturated rings. The van der Waals surface area contributed by atoms with Gasteiger partial charge in [-0.25, -0.2) is 0 Å². The number of nitrogens with one attached hydrogen (secondary N) is 1. The van der Waals surface area contributed by atoms with Crippen LogP contribution in [0.25, 0.3) is 11.1 Å². The van der Waals surface area contributed by atoms with E-state index >= 15 is 0 Å². The van der Waals surface area contributed by atoms with Gasteiger partial charge in [-0.2, -0.15) is 0 Å². The van der Waals surface area contributed by atoms with E-state index < -0.39 is 12.0 Å². The van der Waals surface area contributed by atoms with Gasteiger partial charge in [0.15, 0.2) is 11.5 Å². The van der Waals surface area contributed by atoms with E-state index in [2.05, 4.69) is 11.9 Å². The first-order chi connectivity index (χ1) is 17.3. The van der Waals surface area contributed by atoms with Crippen molar-refractivity contribution in [1.29, 1.82) is 0 Å². The minimum absolute atomic E-state index is 0.240. The van der Waals surface area contributed by atoms with E-state index in [4.69, 9.17) is 19.9 Å². The van der Waals surface area contributed by atoms with Gasteiger partial charge in [0.25, 0.3) is 5.91 Å². The van der Waals surface area contributed by atoms with Crippen molar-refractivity contribution < 1.29 is 23.8 Å². The number of hydrogen-bond acceptors (Lipinski definition) is 7. The quantitative estimate of drug-likeness (QED) is 0.483. The molecule has 0 spiro atoms. The van der Waals surface area contributed by atoms with Gasteiger partial charge in [-0.3, -0.25) is 9.59 Å². The van der Waals surface area contributed by atoms with Crippen molar-refractivity contribution in [2.24, 2.45) is 17.6 Å². The maximum absolute atomic E-state index is 13.0. The Morgan fingerprint density at radius 3 is 2.36 bits per heavy atom. The molecule has 0 bridgehead atoms. The summed E-state index contributed by atoms with van der Waals surface area (Å²) in [6.07, 6.45) is 2.59. The minimum atomic E-state index is -0.457. The number of likely N-dealkylation sites (tertiary alicyclic amines) is 1. The Bertz CT molecular complexity index is 1070. The molecule has 2 aromatic carbocycles. The van der Waals surface area contributed by atoms with Crippen LogP contribution in [0.1, 0.15) is 36.5 Å². The highest BCUT2D eigenvalue weighted by atomic mass is 16.5. The third-order valence-corrected chi connectivity index (χ3v) is 6.84. The predicted octanol–water partition coefficient (Wildman–Crippen LogP) is 3.81. The highest BCUT2D eigenvalue weighted by Crippen LogP contribution is 2.32. The van der Waals surface area contributed by atoms with Gasteiger partial charge in [-0.15, -0.1) is 0 Å². The van der Waals surface area contributed by atoms with E-state index in [0.717, 1.165) is 37.1 Å². The Morgan fingerprint density at radius 2 is 1.75 bits per heavy atom. The summed E-state index contributed by atoms with van der Waals surface area (Å²) in [5.74, 6) is 1.08. The first-order valence-corrected chi connectivity index (χ1v) is 12.2. The fourth-order valence-corrected chi connectivity index (χ4v) is 4.75. The summed E-state index contributed by atoms with van der Waals surface area (Å²) in [6.45, 7) is 7.31. The number of hydrogen-bond donors (Lipinski definition) is 2. The first-order valence-electron chi connectivity index (χ1n) is 12.2. The molecule has 2 aromatic rings. The molecule has 1 amide bonds. The van der Waals surface area contributed by atoms with Crippen LogP contribution in [-0.2, 0) is 9.53 Å². The van der Waals surface area contributed by atoms with Gasteiger partial charge < -0.3 is 30.2 Å². The highest BCUT2D eigenvalue weighted by molar-refractivity contribution is 5.95. The van der Waals surface area contributed by atoms with Gasteiger partial charge in [0.1, 0.15) is 0 Å². The molecule has 1 unspecified atom stereocenters. The molecular weight excluding hydrogens is 458 g/mol. The molecule has 1 aliphatic rings. The lowest BCUT2D eigenvalue weighted by atomic mass is 9.85. The standard InChI is InChI=1S/C28H37N3O5/c1-18(24(28(33)36-5)15-20-7-6-14-31(17-20)19(2)29)30-27(32)22-10-8-21(9-11-22)23-12-13-25(34-3)26(16-23)35-4/h8-13,16,18,20,24H,2,6-7,14-15,17,29H2,1,3-5H3,(H,30,32)/t18-,20?,24-/m1/s1. The smallest absolute Gasteiger partial charge is 0.310 e. The number of piperidine rings is 1. The normalized spacial score (nSPS) is 17.0. The Morgan fingerprint density at radius 1 is 1.08 bits per heavy atom. The molecule has 0 aromatic heterocycles. The number of carbonyl (C=O) groups is 2. The third-order valence-electron chi connectivity index (χ3n) is 6.84. The summed E-state index contributed by atoms with van der Waals surface area (Å²) in [6, 6.07) is 12.6. The van der Waals surface area contributed by atoms with E-state index in [1.54, 1.807) is 26.4 Å². The molecule has 0 aliphatic carbocycles. The van der Waals surface area contributed by atoms with Crippen LogP contribution in [0.4, 0.5) is 0 Å². The van der Waals surface area contributed by atoms with E-state index in [1.807, 2.05) is 42.2 Å². The van der Waals surface area contributed by atoms with Crippen LogP contribution in [0.5, 0.6) is 11.5 Å². The van der Waals surface area contributed by atoms with Crippen molar-refractivity contribution in [2.45, 2.75) is 32.2 Å². The van der Waals surface area contributed by atoms with Crippen molar-refractivity contribution in [3.8, 4) is 22.6 Å². The van der Waals surface area contributed by atoms with Crippen molar-refractivity contribution in [2.75, 3.05) is 34.4 Å². The molecule has 0 saturated carbocycles. The Labute approximate surface area is 213 Å². The largest absolute Gasteiger partial charge is 0.493 e. The third kappa shape index (κ3) is 6.50. The molecule has 3 rings (SSSR count). The summed E-state index contributed by atoms with van der Waals surface area (Å²) in [4.78, 5) is 27.7.